The molecule has 0 saturated carbocycles. The van der Waals surface area contributed by atoms with Crippen LogP contribution in [-0.2, 0) is 0 Å². The van der Waals surface area contributed by atoms with Gasteiger partial charge in [0.25, 0.3) is 0 Å². The Balaban J connectivity index is 3.26. The lowest BCUT2D eigenvalue weighted by molar-refractivity contribution is -0.0213. The third-order valence-electron chi connectivity index (χ3n) is 2.32. The monoisotopic (exact) mass is 326 g/mol. The highest BCUT2D eigenvalue weighted by Crippen LogP contribution is 2.39. The normalized spacial score (nSPS) is 14.1. The SMILES string of the molecule is Cc1cc(C)c(C(O)C(F)(F)I)c(C)c1. The summed E-state index contributed by atoms with van der Waals surface area (Å²) < 4.78 is 22.9. The quantitative estimate of drug-likeness (QED) is 0.649. The van der Waals surface area contributed by atoms with E-state index in [1.807, 2.05) is 6.92 Å². The van der Waals surface area contributed by atoms with Crippen molar-refractivity contribution in [1.29, 1.82) is 0 Å². The van der Waals surface area contributed by atoms with Crippen molar-refractivity contribution in [3.63, 3.8) is 0 Å². The van der Waals surface area contributed by atoms with Crippen LogP contribution in [0.5, 0.6) is 0 Å². The maximum Gasteiger partial charge on any atom is 0.325 e. The molecule has 1 nitrogen and oxygen atoms in total. The molecular formula is C11H13F2IO. The Bertz CT molecular complexity index is 348. The van der Waals surface area contributed by atoms with E-state index in [9.17, 15) is 13.9 Å². The van der Waals surface area contributed by atoms with E-state index in [0.29, 0.717) is 16.7 Å². The van der Waals surface area contributed by atoms with Crippen LogP contribution in [0.15, 0.2) is 12.1 Å². The lowest BCUT2D eigenvalue weighted by Gasteiger charge is -2.21. The van der Waals surface area contributed by atoms with E-state index in [1.165, 1.54) is 0 Å². The fourth-order valence-corrected chi connectivity index (χ4v) is 2.10. The molecule has 0 radical (unpaired) electrons. The minimum atomic E-state index is -3.14. The number of halogens is 3. The van der Waals surface area contributed by atoms with Crippen molar-refractivity contribution in [2.75, 3.05) is 0 Å². The molecule has 1 unspecified atom stereocenters. The third kappa shape index (κ3) is 2.87. The minimum Gasteiger partial charge on any atom is -0.381 e. The lowest BCUT2D eigenvalue weighted by Crippen LogP contribution is -2.20. The summed E-state index contributed by atoms with van der Waals surface area (Å²) in [6.45, 7) is 5.38. The van der Waals surface area contributed by atoms with Gasteiger partial charge in [0, 0.05) is 22.6 Å². The van der Waals surface area contributed by atoms with Gasteiger partial charge in [0.15, 0.2) is 6.10 Å². The summed E-state index contributed by atoms with van der Waals surface area (Å²) in [4.78, 5) is 0. The molecule has 0 fully saturated rings. The third-order valence-corrected chi connectivity index (χ3v) is 2.91. The summed E-state index contributed by atoms with van der Waals surface area (Å²) >= 11 is 0.965. The van der Waals surface area contributed by atoms with Crippen molar-refractivity contribution in [3.05, 3.63) is 34.4 Å². The number of aliphatic hydroxyl groups is 1. The first-order valence-corrected chi connectivity index (χ1v) is 5.64. The van der Waals surface area contributed by atoms with E-state index in [2.05, 4.69) is 0 Å². The van der Waals surface area contributed by atoms with Crippen molar-refractivity contribution in [1.82, 2.24) is 0 Å². The average molecular weight is 326 g/mol. The Morgan fingerprint density at radius 2 is 1.60 bits per heavy atom. The van der Waals surface area contributed by atoms with Gasteiger partial charge in [-0.2, -0.15) is 8.78 Å². The van der Waals surface area contributed by atoms with Crippen molar-refractivity contribution in [2.45, 2.75) is 30.8 Å². The van der Waals surface area contributed by atoms with Crippen LogP contribution < -0.4 is 0 Å². The fraction of sp³-hybridized carbons (Fsp3) is 0.455. The zero-order chi connectivity index (χ0) is 11.8. The van der Waals surface area contributed by atoms with Crippen molar-refractivity contribution < 1.29 is 13.9 Å². The molecule has 15 heavy (non-hydrogen) atoms. The van der Waals surface area contributed by atoms with E-state index < -0.39 is 10.0 Å². The molecule has 1 aromatic carbocycles. The predicted molar refractivity (Wildman–Crippen MR) is 64.6 cm³/mol. The molecule has 0 amide bonds. The van der Waals surface area contributed by atoms with Gasteiger partial charge in [0.05, 0.1) is 0 Å². The Morgan fingerprint density at radius 1 is 1.20 bits per heavy atom. The Labute approximate surface area is 102 Å². The van der Waals surface area contributed by atoms with Gasteiger partial charge in [-0.15, -0.1) is 0 Å². The zero-order valence-electron chi connectivity index (χ0n) is 8.81. The van der Waals surface area contributed by atoms with Crippen molar-refractivity contribution >= 4 is 22.6 Å². The average Bonchev–Trinajstić information content (AvgIpc) is 1.99. The molecule has 0 aliphatic heterocycles. The molecule has 1 rings (SSSR count). The highest BCUT2D eigenvalue weighted by atomic mass is 127. The topological polar surface area (TPSA) is 20.2 Å². The molecule has 4 heteroatoms. The maximum absolute atomic E-state index is 13.0. The first-order valence-electron chi connectivity index (χ1n) is 4.56. The van der Waals surface area contributed by atoms with E-state index in [0.717, 1.165) is 28.2 Å². The predicted octanol–water partition coefficient (Wildman–Crippen LogP) is 3.67. The van der Waals surface area contributed by atoms with E-state index in [4.69, 9.17) is 0 Å². The first-order chi connectivity index (χ1) is 6.73. The zero-order valence-corrected chi connectivity index (χ0v) is 11.0. The smallest absolute Gasteiger partial charge is 0.325 e. The number of aliphatic hydroxyl groups excluding tert-OH is 1. The summed E-state index contributed by atoms with van der Waals surface area (Å²) in [5, 5.41) is 9.55. The molecular weight excluding hydrogens is 313 g/mol. The minimum absolute atomic E-state index is 0.333. The molecule has 0 aliphatic carbocycles. The second kappa shape index (κ2) is 4.33. The molecule has 0 bridgehead atoms. The molecule has 0 aliphatic rings. The van der Waals surface area contributed by atoms with Gasteiger partial charge in [-0.1, -0.05) is 17.7 Å². The first kappa shape index (κ1) is 12.8. The van der Waals surface area contributed by atoms with Gasteiger partial charge >= 0.3 is 3.93 Å². The van der Waals surface area contributed by atoms with Gasteiger partial charge in [0.2, 0.25) is 0 Å². The van der Waals surface area contributed by atoms with Gasteiger partial charge < -0.3 is 5.11 Å². The summed E-state index contributed by atoms with van der Waals surface area (Å²) in [5.74, 6) is 0. The van der Waals surface area contributed by atoms with Crippen LogP contribution in [0, 0.1) is 20.8 Å². The Kier molecular flexibility index (Phi) is 3.71. The summed E-state index contributed by atoms with van der Waals surface area (Å²) in [6, 6.07) is 3.60. The van der Waals surface area contributed by atoms with Crippen LogP contribution in [0.2, 0.25) is 0 Å². The highest BCUT2D eigenvalue weighted by Gasteiger charge is 2.37. The summed E-state index contributed by atoms with van der Waals surface area (Å²) in [5.41, 5.74) is 2.76. The Hall–Kier alpha value is -0.230. The molecule has 0 aromatic heterocycles. The van der Waals surface area contributed by atoms with E-state index in [1.54, 1.807) is 26.0 Å². The summed E-state index contributed by atoms with van der Waals surface area (Å²) in [6.07, 6.45) is -1.74. The number of benzene rings is 1. The fourth-order valence-electron chi connectivity index (χ4n) is 1.79. The maximum atomic E-state index is 13.0. The van der Waals surface area contributed by atoms with Gasteiger partial charge in [-0.3, -0.25) is 0 Å². The van der Waals surface area contributed by atoms with Gasteiger partial charge in [0.1, 0.15) is 0 Å². The standard InChI is InChI=1S/C11H13F2IO/c1-6-4-7(2)9(8(3)5-6)10(15)11(12,13)14/h4-5,10,15H,1-3H3. The van der Waals surface area contributed by atoms with Crippen LogP contribution in [0.4, 0.5) is 8.78 Å². The highest BCUT2D eigenvalue weighted by molar-refractivity contribution is 14.1. The van der Waals surface area contributed by atoms with Crippen LogP contribution in [0.3, 0.4) is 0 Å². The molecule has 1 aromatic rings. The second-order valence-corrected chi connectivity index (χ2v) is 5.19. The lowest BCUT2D eigenvalue weighted by atomic mass is 9.96. The number of aryl methyl sites for hydroxylation is 3. The van der Waals surface area contributed by atoms with Gasteiger partial charge in [-0.05, 0) is 37.5 Å². The molecule has 84 valence electrons. The molecule has 0 heterocycles. The van der Waals surface area contributed by atoms with E-state index >= 15 is 0 Å². The van der Waals surface area contributed by atoms with Crippen molar-refractivity contribution in [3.8, 4) is 0 Å². The van der Waals surface area contributed by atoms with Crippen molar-refractivity contribution in [2.24, 2.45) is 0 Å². The van der Waals surface area contributed by atoms with Gasteiger partial charge in [-0.25, -0.2) is 0 Å². The molecule has 0 spiro atoms. The number of alkyl halides is 3. The number of hydrogen-bond acceptors (Lipinski definition) is 1. The Morgan fingerprint density at radius 3 is 1.93 bits per heavy atom. The number of rotatable bonds is 2. The van der Waals surface area contributed by atoms with E-state index in [-0.39, 0.29) is 0 Å². The summed E-state index contributed by atoms with van der Waals surface area (Å²) in [7, 11) is 0. The molecule has 0 saturated heterocycles. The van der Waals surface area contributed by atoms with Crippen LogP contribution in [-0.4, -0.2) is 9.04 Å². The van der Waals surface area contributed by atoms with Crippen LogP contribution in [0.1, 0.15) is 28.4 Å². The van der Waals surface area contributed by atoms with Crippen LogP contribution in [0.25, 0.3) is 0 Å². The largest absolute Gasteiger partial charge is 0.381 e. The number of hydrogen-bond donors (Lipinski definition) is 1. The molecule has 1 N–H and O–H groups in total. The second-order valence-electron chi connectivity index (χ2n) is 3.76. The molecule has 1 atom stereocenters. The van der Waals surface area contributed by atoms with Crippen LogP contribution >= 0.6 is 22.6 Å².